The van der Waals surface area contributed by atoms with Crippen molar-refractivity contribution in [2.24, 2.45) is 5.73 Å². The third kappa shape index (κ3) is 3.27. The lowest BCUT2D eigenvalue weighted by Crippen LogP contribution is -2.42. The molecule has 0 saturated carbocycles. The molecule has 120 valence electrons. The molecular weight excluding hydrogens is 268 g/mol. The van der Waals surface area contributed by atoms with E-state index in [1.165, 1.54) is 0 Å². The van der Waals surface area contributed by atoms with Crippen LogP contribution in [0.25, 0.3) is 0 Å². The smallest absolute Gasteiger partial charge is 0.234 e. The lowest BCUT2D eigenvalue weighted by atomic mass is 9.82. The summed E-state index contributed by atoms with van der Waals surface area (Å²) in [7, 11) is 0. The van der Waals surface area contributed by atoms with Crippen LogP contribution < -0.4 is 5.73 Å². The molecule has 21 heavy (non-hydrogen) atoms. The zero-order valence-electron chi connectivity index (χ0n) is 13.6. The second-order valence-corrected chi connectivity index (χ2v) is 6.10. The number of rotatable bonds is 6. The van der Waals surface area contributed by atoms with Gasteiger partial charge in [0.05, 0.1) is 12.0 Å². The van der Waals surface area contributed by atoms with Crippen molar-refractivity contribution in [1.29, 1.82) is 0 Å². The van der Waals surface area contributed by atoms with Crippen LogP contribution in [0.15, 0.2) is 4.52 Å². The van der Waals surface area contributed by atoms with Crippen LogP contribution in [0.4, 0.5) is 0 Å². The zero-order valence-corrected chi connectivity index (χ0v) is 13.6. The van der Waals surface area contributed by atoms with E-state index in [1.807, 2.05) is 0 Å². The number of nitrogens with zero attached hydrogens (tertiary/aromatic N) is 3. The van der Waals surface area contributed by atoms with Gasteiger partial charge in [0.15, 0.2) is 0 Å². The second-order valence-electron chi connectivity index (χ2n) is 6.10. The van der Waals surface area contributed by atoms with Crippen LogP contribution in [0, 0.1) is 0 Å². The molecule has 1 aliphatic rings. The Morgan fingerprint density at radius 3 is 2.67 bits per heavy atom. The normalized spacial score (nSPS) is 21.1. The summed E-state index contributed by atoms with van der Waals surface area (Å²) in [6, 6.07) is 0.497. The minimum Gasteiger partial charge on any atom is -0.367 e. The molecule has 1 aromatic heterocycles. The Balaban J connectivity index is 2.16. The Kier molecular flexibility index (Phi) is 5.35. The highest BCUT2D eigenvalue weighted by atomic mass is 16.5. The van der Waals surface area contributed by atoms with Crippen LogP contribution in [-0.4, -0.2) is 47.3 Å². The van der Waals surface area contributed by atoms with Gasteiger partial charge in [0.1, 0.15) is 6.10 Å². The number of morpholine rings is 1. The first-order valence-electron chi connectivity index (χ1n) is 7.96. The van der Waals surface area contributed by atoms with Crippen LogP contribution in [0.5, 0.6) is 0 Å². The number of aromatic nitrogens is 2. The lowest BCUT2D eigenvalue weighted by Gasteiger charge is -2.34. The second kappa shape index (κ2) is 6.85. The van der Waals surface area contributed by atoms with Crippen molar-refractivity contribution in [3.8, 4) is 0 Å². The maximum absolute atomic E-state index is 5.94. The van der Waals surface area contributed by atoms with Crippen molar-refractivity contribution in [3.05, 3.63) is 11.7 Å². The minimum atomic E-state index is -0.211. The van der Waals surface area contributed by atoms with Crippen LogP contribution in [0.3, 0.4) is 0 Å². The van der Waals surface area contributed by atoms with E-state index in [4.69, 9.17) is 15.0 Å². The summed E-state index contributed by atoms with van der Waals surface area (Å²) in [5, 5.41) is 4.15. The molecule has 0 bridgehead atoms. The summed E-state index contributed by atoms with van der Waals surface area (Å²) in [6.45, 7) is 11.6. The van der Waals surface area contributed by atoms with Crippen molar-refractivity contribution in [2.45, 2.75) is 58.1 Å². The third-order valence-corrected chi connectivity index (χ3v) is 4.76. The molecule has 1 aromatic rings. The molecular formula is C15H28N4O2. The lowest BCUT2D eigenvalue weighted by molar-refractivity contribution is -0.0450. The molecule has 2 rings (SSSR count). The maximum Gasteiger partial charge on any atom is 0.234 e. The predicted octanol–water partition coefficient (Wildman–Crippen LogP) is 1.87. The fraction of sp³-hybridized carbons (Fsp3) is 0.867. The molecule has 1 unspecified atom stereocenters. The average Bonchev–Trinajstić information content (AvgIpc) is 3.00. The Morgan fingerprint density at radius 2 is 2.10 bits per heavy atom. The Bertz CT molecular complexity index is 434. The molecule has 1 fully saturated rings. The number of hydrogen-bond donors (Lipinski definition) is 1. The molecule has 1 saturated heterocycles. The van der Waals surface area contributed by atoms with Gasteiger partial charge in [-0.1, -0.05) is 19.0 Å². The Morgan fingerprint density at radius 1 is 1.38 bits per heavy atom. The van der Waals surface area contributed by atoms with Gasteiger partial charge in [-0.05, 0) is 26.7 Å². The highest BCUT2D eigenvalue weighted by Crippen LogP contribution is 2.31. The van der Waals surface area contributed by atoms with Gasteiger partial charge in [-0.2, -0.15) is 4.98 Å². The van der Waals surface area contributed by atoms with E-state index in [0.717, 1.165) is 25.9 Å². The van der Waals surface area contributed by atoms with Crippen molar-refractivity contribution < 1.29 is 9.26 Å². The van der Waals surface area contributed by atoms with Gasteiger partial charge in [-0.3, -0.25) is 4.90 Å². The SMILES string of the molecule is CCC(CC)(CN)c1nc(C2CN(C(C)C)CCO2)no1. The summed E-state index contributed by atoms with van der Waals surface area (Å²) < 4.78 is 11.3. The van der Waals surface area contributed by atoms with Crippen molar-refractivity contribution in [2.75, 3.05) is 26.2 Å². The minimum absolute atomic E-state index is 0.108. The summed E-state index contributed by atoms with van der Waals surface area (Å²) in [5.41, 5.74) is 5.73. The Hall–Kier alpha value is -0.980. The molecule has 0 spiro atoms. The molecule has 6 nitrogen and oxygen atoms in total. The van der Waals surface area contributed by atoms with Crippen LogP contribution in [-0.2, 0) is 10.2 Å². The van der Waals surface area contributed by atoms with E-state index in [9.17, 15) is 0 Å². The van der Waals surface area contributed by atoms with Gasteiger partial charge in [-0.25, -0.2) is 0 Å². The first kappa shape index (κ1) is 16.4. The molecule has 0 aromatic carbocycles. The molecule has 2 heterocycles. The van der Waals surface area contributed by atoms with Crippen molar-refractivity contribution in [3.63, 3.8) is 0 Å². The van der Waals surface area contributed by atoms with Gasteiger partial charge in [0, 0.05) is 25.7 Å². The highest BCUT2D eigenvalue weighted by Gasteiger charge is 2.35. The van der Waals surface area contributed by atoms with E-state index in [2.05, 4.69) is 42.7 Å². The summed E-state index contributed by atoms with van der Waals surface area (Å²) >= 11 is 0. The molecule has 0 amide bonds. The van der Waals surface area contributed by atoms with E-state index in [1.54, 1.807) is 0 Å². The first-order valence-corrected chi connectivity index (χ1v) is 7.96. The van der Waals surface area contributed by atoms with Gasteiger partial charge >= 0.3 is 0 Å². The molecule has 1 aliphatic heterocycles. The summed E-state index contributed by atoms with van der Waals surface area (Å²) in [4.78, 5) is 6.98. The Labute approximate surface area is 127 Å². The predicted molar refractivity (Wildman–Crippen MR) is 81.0 cm³/mol. The van der Waals surface area contributed by atoms with E-state index >= 15 is 0 Å². The largest absolute Gasteiger partial charge is 0.367 e. The molecule has 6 heteroatoms. The van der Waals surface area contributed by atoms with E-state index in [0.29, 0.717) is 30.9 Å². The number of ether oxygens (including phenoxy) is 1. The van der Waals surface area contributed by atoms with Gasteiger partial charge in [0.2, 0.25) is 11.7 Å². The topological polar surface area (TPSA) is 77.4 Å². The average molecular weight is 296 g/mol. The fourth-order valence-electron chi connectivity index (χ4n) is 2.80. The number of hydrogen-bond acceptors (Lipinski definition) is 6. The van der Waals surface area contributed by atoms with Crippen LogP contribution >= 0.6 is 0 Å². The van der Waals surface area contributed by atoms with Gasteiger partial charge in [-0.15, -0.1) is 0 Å². The van der Waals surface area contributed by atoms with Gasteiger partial charge in [0.25, 0.3) is 0 Å². The van der Waals surface area contributed by atoms with Crippen LogP contribution in [0.2, 0.25) is 0 Å². The molecule has 2 N–H and O–H groups in total. The van der Waals surface area contributed by atoms with E-state index in [-0.39, 0.29) is 11.5 Å². The number of nitrogens with two attached hydrogens (primary N) is 1. The molecule has 0 aliphatic carbocycles. The standard InChI is InChI=1S/C15H28N4O2/c1-5-15(6-2,10-16)14-17-13(18-21-14)12-9-19(11(3)4)7-8-20-12/h11-12H,5-10,16H2,1-4H3. The monoisotopic (exact) mass is 296 g/mol. The summed E-state index contributed by atoms with van der Waals surface area (Å²) in [6.07, 6.45) is 1.68. The first-order chi connectivity index (χ1) is 10.1. The van der Waals surface area contributed by atoms with E-state index < -0.39 is 0 Å². The molecule has 0 radical (unpaired) electrons. The highest BCUT2D eigenvalue weighted by molar-refractivity contribution is 5.07. The fourth-order valence-corrected chi connectivity index (χ4v) is 2.80. The summed E-state index contributed by atoms with van der Waals surface area (Å²) in [5.74, 6) is 1.30. The van der Waals surface area contributed by atoms with Crippen molar-refractivity contribution >= 4 is 0 Å². The molecule has 1 atom stereocenters. The third-order valence-electron chi connectivity index (χ3n) is 4.76. The maximum atomic E-state index is 5.94. The quantitative estimate of drug-likeness (QED) is 0.863. The van der Waals surface area contributed by atoms with Gasteiger partial charge < -0.3 is 15.0 Å². The van der Waals surface area contributed by atoms with Crippen LogP contribution in [0.1, 0.15) is 58.4 Å². The van der Waals surface area contributed by atoms with Crippen molar-refractivity contribution in [1.82, 2.24) is 15.0 Å². The zero-order chi connectivity index (χ0) is 15.5.